The number of nitrogens with zero attached hydrogens (tertiary/aromatic N) is 5. The Labute approximate surface area is 112 Å². The Balaban J connectivity index is 2.03. The SMILES string of the molecule is Clc1cc(Cl)cc(-n2cc(-c3nn[nH]n3)cn2)c1. The second-order valence-electron chi connectivity index (χ2n) is 3.54. The first-order valence-electron chi connectivity index (χ1n) is 4.97. The summed E-state index contributed by atoms with van der Waals surface area (Å²) < 4.78 is 1.64. The van der Waals surface area contributed by atoms with E-state index in [-0.39, 0.29) is 0 Å². The van der Waals surface area contributed by atoms with E-state index in [0.717, 1.165) is 11.3 Å². The van der Waals surface area contributed by atoms with Crippen LogP contribution < -0.4 is 0 Å². The van der Waals surface area contributed by atoms with Crippen LogP contribution in [0, 0.1) is 0 Å². The molecule has 0 fully saturated rings. The largest absolute Gasteiger partial charge is 0.240 e. The maximum atomic E-state index is 5.94. The third kappa shape index (κ3) is 2.07. The van der Waals surface area contributed by atoms with Gasteiger partial charge in [0.2, 0.25) is 5.82 Å². The van der Waals surface area contributed by atoms with Crippen molar-refractivity contribution in [3.8, 4) is 17.1 Å². The Kier molecular flexibility index (Phi) is 2.73. The Morgan fingerprint density at radius 1 is 1.11 bits per heavy atom. The van der Waals surface area contributed by atoms with Gasteiger partial charge in [0.25, 0.3) is 0 Å². The molecule has 0 saturated heterocycles. The number of halogens is 2. The lowest BCUT2D eigenvalue weighted by atomic mass is 10.3. The fourth-order valence-electron chi connectivity index (χ4n) is 1.54. The highest BCUT2D eigenvalue weighted by Gasteiger charge is 2.08. The molecule has 0 spiro atoms. The van der Waals surface area contributed by atoms with E-state index in [1.54, 1.807) is 35.3 Å². The zero-order valence-corrected chi connectivity index (χ0v) is 10.4. The second-order valence-corrected chi connectivity index (χ2v) is 4.41. The van der Waals surface area contributed by atoms with Gasteiger partial charge in [0.05, 0.1) is 17.4 Å². The fourth-order valence-corrected chi connectivity index (χ4v) is 2.05. The molecule has 3 aromatic rings. The zero-order valence-electron chi connectivity index (χ0n) is 8.88. The van der Waals surface area contributed by atoms with Crippen LogP contribution in [0.5, 0.6) is 0 Å². The average Bonchev–Trinajstić information content (AvgIpc) is 2.99. The molecule has 0 aliphatic carbocycles. The van der Waals surface area contributed by atoms with Gasteiger partial charge in [0.1, 0.15) is 0 Å². The number of tetrazole rings is 1. The van der Waals surface area contributed by atoms with Crippen LogP contribution in [0.25, 0.3) is 17.1 Å². The van der Waals surface area contributed by atoms with E-state index in [2.05, 4.69) is 25.7 Å². The molecule has 90 valence electrons. The number of nitrogens with one attached hydrogen (secondary N) is 1. The van der Waals surface area contributed by atoms with E-state index >= 15 is 0 Å². The van der Waals surface area contributed by atoms with Gasteiger partial charge in [-0.05, 0) is 23.4 Å². The van der Waals surface area contributed by atoms with Gasteiger partial charge < -0.3 is 0 Å². The molecule has 1 aromatic carbocycles. The van der Waals surface area contributed by atoms with Crippen molar-refractivity contribution >= 4 is 23.2 Å². The number of aromatic nitrogens is 6. The topological polar surface area (TPSA) is 72.3 Å². The molecule has 0 aliphatic heterocycles. The summed E-state index contributed by atoms with van der Waals surface area (Å²) in [5.74, 6) is 0.481. The highest BCUT2D eigenvalue weighted by molar-refractivity contribution is 6.34. The molecular formula is C10H6Cl2N6. The highest BCUT2D eigenvalue weighted by Crippen LogP contribution is 2.22. The summed E-state index contributed by atoms with van der Waals surface area (Å²) in [6.07, 6.45) is 3.41. The summed E-state index contributed by atoms with van der Waals surface area (Å²) in [6, 6.07) is 5.19. The summed E-state index contributed by atoms with van der Waals surface area (Å²) in [5.41, 5.74) is 1.52. The lowest BCUT2D eigenvalue weighted by molar-refractivity contribution is 0.881. The Hall–Kier alpha value is -1.92. The lowest BCUT2D eigenvalue weighted by Gasteiger charge is -2.02. The Morgan fingerprint density at radius 2 is 1.89 bits per heavy atom. The summed E-state index contributed by atoms with van der Waals surface area (Å²) in [6.45, 7) is 0. The minimum atomic E-state index is 0.481. The van der Waals surface area contributed by atoms with Crippen molar-refractivity contribution in [2.24, 2.45) is 0 Å². The van der Waals surface area contributed by atoms with Crippen LogP contribution in [0.1, 0.15) is 0 Å². The molecule has 0 unspecified atom stereocenters. The summed E-state index contributed by atoms with van der Waals surface area (Å²) >= 11 is 11.9. The van der Waals surface area contributed by atoms with Gasteiger partial charge >= 0.3 is 0 Å². The van der Waals surface area contributed by atoms with Gasteiger partial charge in [-0.1, -0.05) is 23.2 Å². The molecule has 0 amide bonds. The van der Waals surface area contributed by atoms with Gasteiger partial charge in [-0.3, -0.25) is 0 Å². The second kappa shape index (κ2) is 4.40. The molecule has 2 aromatic heterocycles. The molecule has 3 rings (SSSR count). The van der Waals surface area contributed by atoms with Crippen molar-refractivity contribution in [2.75, 3.05) is 0 Å². The normalized spacial score (nSPS) is 10.8. The molecule has 6 nitrogen and oxygen atoms in total. The third-order valence-electron chi connectivity index (χ3n) is 2.30. The minimum Gasteiger partial charge on any atom is -0.240 e. The van der Waals surface area contributed by atoms with Crippen LogP contribution in [0.3, 0.4) is 0 Å². The van der Waals surface area contributed by atoms with Crippen LogP contribution in [0.15, 0.2) is 30.6 Å². The predicted octanol–water partition coefficient (Wildman–Crippen LogP) is 2.36. The molecule has 2 heterocycles. The standard InChI is InChI=1S/C10H6Cl2N6/c11-7-1-8(12)3-9(2-7)18-5-6(4-13-18)10-14-16-17-15-10/h1-5H,(H,14,15,16,17). The molecule has 0 bridgehead atoms. The maximum absolute atomic E-state index is 5.94. The first-order chi connectivity index (χ1) is 8.72. The van der Waals surface area contributed by atoms with E-state index in [4.69, 9.17) is 23.2 Å². The molecule has 0 atom stereocenters. The molecule has 0 radical (unpaired) electrons. The van der Waals surface area contributed by atoms with Crippen molar-refractivity contribution in [3.05, 3.63) is 40.6 Å². The average molecular weight is 281 g/mol. The number of aromatic amines is 1. The van der Waals surface area contributed by atoms with Crippen LogP contribution >= 0.6 is 23.2 Å². The van der Waals surface area contributed by atoms with Crippen LogP contribution in [0.4, 0.5) is 0 Å². The van der Waals surface area contributed by atoms with Gasteiger partial charge in [0.15, 0.2) is 0 Å². The summed E-state index contributed by atoms with van der Waals surface area (Å²) in [4.78, 5) is 0. The van der Waals surface area contributed by atoms with Gasteiger partial charge in [-0.25, -0.2) is 4.68 Å². The van der Waals surface area contributed by atoms with Crippen LogP contribution in [-0.2, 0) is 0 Å². The van der Waals surface area contributed by atoms with Crippen molar-refractivity contribution in [3.63, 3.8) is 0 Å². The zero-order chi connectivity index (χ0) is 12.5. The minimum absolute atomic E-state index is 0.481. The molecule has 18 heavy (non-hydrogen) atoms. The van der Waals surface area contributed by atoms with Crippen molar-refractivity contribution in [1.82, 2.24) is 30.4 Å². The first kappa shape index (κ1) is 11.2. The van der Waals surface area contributed by atoms with E-state index in [1.807, 2.05) is 0 Å². The number of H-pyrrole nitrogens is 1. The number of hydrogen-bond donors (Lipinski definition) is 1. The van der Waals surface area contributed by atoms with E-state index in [1.165, 1.54) is 0 Å². The quantitative estimate of drug-likeness (QED) is 0.782. The van der Waals surface area contributed by atoms with E-state index in [9.17, 15) is 0 Å². The van der Waals surface area contributed by atoms with E-state index in [0.29, 0.717) is 15.9 Å². The molecule has 8 heteroatoms. The number of hydrogen-bond acceptors (Lipinski definition) is 4. The molecular weight excluding hydrogens is 275 g/mol. The van der Waals surface area contributed by atoms with Crippen LogP contribution in [0.2, 0.25) is 10.0 Å². The highest BCUT2D eigenvalue weighted by atomic mass is 35.5. The van der Waals surface area contributed by atoms with E-state index < -0.39 is 0 Å². The summed E-state index contributed by atoms with van der Waals surface area (Å²) in [5, 5.41) is 18.9. The number of benzene rings is 1. The fraction of sp³-hybridized carbons (Fsp3) is 0. The smallest absolute Gasteiger partial charge is 0.207 e. The predicted molar refractivity (Wildman–Crippen MR) is 66.8 cm³/mol. The monoisotopic (exact) mass is 280 g/mol. The number of rotatable bonds is 2. The van der Waals surface area contributed by atoms with Crippen molar-refractivity contribution in [1.29, 1.82) is 0 Å². The molecule has 0 saturated carbocycles. The first-order valence-corrected chi connectivity index (χ1v) is 5.73. The third-order valence-corrected chi connectivity index (χ3v) is 2.73. The van der Waals surface area contributed by atoms with Crippen LogP contribution in [-0.4, -0.2) is 30.4 Å². The Morgan fingerprint density at radius 3 is 2.56 bits per heavy atom. The van der Waals surface area contributed by atoms with Crippen molar-refractivity contribution < 1.29 is 0 Å². The summed E-state index contributed by atoms with van der Waals surface area (Å²) in [7, 11) is 0. The lowest BCUT2D eigenvalue weighted by Crippen LogP contribution is -1.93. The molecule has 0 aliphatic rings. The molecule has 1 N–H and O–H groups in total. The van der Waals surface area contributed by atoms with Gasteiger partial charge in [-0.2, -0.15) is 10.3 Å². The maximum Gasteiger partial charge on any atom is 0.207 e. The Bertz CT molecular complexity index is 655. The van der Waals surface area contributed by atoms with Gasteiger partial charge in [-0.15, -0.1) is 10.2 Å². The van der Waals surface area contributed by atoms with Gasteiger partial charge in [0, 0.05) is 16.2 Å². The van der Waals surface area contributed by atoms with Crippen molar-refractivity contribution in [2.45, 2.75) is 0 Å².